The zero-order valence-corrected chi connectivity index (χ0v) is 10.8. The van der Waals surface area contributed by atoms with Crippen LogP contribution in [0.1, 0.15) is 61.5 Å². The summed E-state index contributed by atoms with van der Waals surface area (Å²) in [6.45, 7) is 1.07. The molecule has 0 bridgehead atoms. The largest absolute Gasteiger partial charge is 0.338 e. The van der Waals surface area contributed by atoms with Crippen LogP contribution in [0, 0.1) is 0 Å². The van der Waals surface area contributed by atoms with Gasteiger partial charge in [-0.3, -0.25) is 0 Å². The molecule has 17 heavy (non-hydrogen) atoms. The first-order valence-electron chi connectivity index (χ1n) is 6.62. The van der Waals surface area contributed by atoms with Crippen molar-refractivity contribution in [2.75, 3.05) is 12.3 Å². The van der Waals surface area contributed by atoms with Crippen molar-refractivity contribution in [3.63, 3.8) is 0 Å². The molecule has 0 radical (unpaired) electrons. The number of aromatic nitrogens is 2. The van der Waals surface area contributed by atoms with Crippen molar-refractivity contribution in [2.24, 2.45) is 0 Å². The van der Waals surface area contributed by atoms with E-state index in [1.54, 1.807) is 0 Å². The Hall–Kier alpha value is -0.550. The molecule has 0 aliphatic carbocycles. The molecule has 2 unspecified atom stereocenters. The lowest BCUT2D eigenvalue weighted by Crippen LogP contribution is -2.20. The van der Waals surface area contributed by atoms with Gasteiger partial charge >= 0.3 is 0 Å². The van der Waals surface area contributed by atoms with Crippen LogP contribution in [-0.4, -0.2) is 22.4 Å². The van der Waals surface area contributed by atoms with Crippen molar-refractivity contribution >= 4 is 11.8 Å². The van der Waals surface area contributed by atoms with Gasteiger partial charge in [-0.15, -0.1) is 0 Å². The Morgan fingerprint density at radius 2 is 2.18 bits per heavy atom. The van der Waals surface area contributed by atoms with Crippen LogP contribution in [0.4, 0.5) is 0 Å². The summed E-state index contributed by atoms with van der Waals surface area (Å²) in [6, 6.07) is 0.283. The first kappa shape index (κ1) is 11.5. The van der Waals surface area contributed by atoms with Crippen LogP contribution in [-0.2, 0) is 0 Å². The third kappa shape index (κ3) is 2.65. The third-order valence-corrected chi connectivity index (χ3v) is 4.91. The van der Waals surface area contributed by atoms with E-state index in [-0.39, 0.29) is 6.04 Å². The fraction of sp³-hybridized carbons (Fsp3) is 0.833. The summed E-state index contributed by atoms with van der Waals surface area (Å²) in [5.41, 5.74) is 0. The second-order valence-corrected chi connectivity index (χ2v) is 6.16. The van der Waals surface area contributed by atoms with E-state index in [2.05, 4.69) is 15.5 Å². The topological polar surface area (TPSA) is 51.0 Å². The van der Waals surface area contributed by atoms with Crippen molar-refractivity contribution in [3.8, 4) is 0 Å². The molecular weight excluding hydrogens is 234 g/mol. The molecular formula is C12H19N3OS. The average molecular weight is 253 g/mol. The highest BCUT2D eigenvalue weighted by molar-refractivity contribution is 7.99. The van der Waals surface area contributed by atoms with Crippen molar-refractivity contribution in [1.82, 2.24) is 15.5 Å². The minimum absolute atomic E-state index is 0.283. The summed E-state index contributed by atoms with van der Waals surface area (Å²) in [4.78, 5) is 4.60. The second kappa shape index (κ2) is 5.40. The summed E-state index contributed by atoms with van der Waals surface area (Å²) in [5.74, 6) is 2.94. The molecule has 2 fully saturated rings. The molecule has 4 nitrogen and oxygen atoms in total. The average Bonchev–Trinajstić information content (AvgIpc) is 2.95. The van der Waals surface area contributed by atoms with Crippen LogP contribution in [0.25, 0.3) is 0 Å². The molecule has 0 aromatic carbocycles. The van der Waals surface area contributed by atoms with Gasteiger partial charge in [0.25, 0.3) is 0 Å². The minimum atomic E-state index is 0.283. The first-order chi connectivity index (χ1) is 8.43. The van der Waals surface area contributed by atoms with Gasteiger partial charge in [-0.1, -0.05) is 18.0 Å². The lowest BCUT2D eigenvalue weighted by atomic mass is 10.1. The van der Waals surface area contributed by atoms with Gasteiger partial charge in [0.2, 0.25) is 5.89 Å². The maximum atomic E-state index is 5.44. The molecule has 2 atom stereocenters. The van der Waals surface area contributed by atoms with Gasteiger partial charge in [0.1, 0.15) is 0 Å². The van der Waals surface area contributed by atoms with Gasteiger partial charge in [0.05, 0.1) is 11.3 Å². The predicted octanol–water partition coefficient (Wildman–Crippen LogP) is 2.84. The predicted molar refractivity (Wildman–Crippen MR) is 67.9 cm³/mol. The van der Waals surface area contributed by atoms with E-state index in [4.69, 9.17) is 4.52 Å². The normalized spacial score (nSPS) is 30.4. The maximum absolute atomic E-state index is 5.44. The van der Waals surface area contributed by atoms with Crippen molar-refractivity contribution in [2.45, 2.75) is 49.8 Å². The lowest BCUT2D eigenvalue weighted by Gasteiger charge is -2.09. The highest BCUT2D eigenvalue weighted by Crippen LogP contribution is 2.38. The Labute approximate surface area is 106 Å². The summed E-state index contributed by atoms with van der Waals surface area (Å²) in [5, 5.41) is 8.13. The van der Waals surface area contributed by atoms with Crippen LogP contribution in [0.5, 0.6) is 0 Å². The van der Waals surface area contributed by atoms with E-state index in [0.717, 1.165) is 24.7 Å². The van der Waals surface area contributed by atoms with Crippen molar-refractivity contribution in [3.05, 3.63) is 11.7 Å². The SMILES string of the molecule is C1CCNC(c2nc(C3CCCS3)no2)CC1. The molecule has 1 aromatic rings. The van der Waals surface area contributed by atoms with Gasteiger partial charge in [-0.2, -0.15) is 16.7 Å². The van der Waals surface area contributed by atoms with E-state index < -0.39 is 0 Å². The molecule has 5 heteroatoms. The zero-order valence-electron chi connectivity index (χ0n) is 10.0. The van der Waals surface area contributed by atoms with Gasteiger partial charge in [0, 0.05) is 0 Å². The van der Waals surface area contributed by atoms with Crippen molar-refractivity contribution < 1.29 is 4.52 Å². The minimum Gasteiger partial charge on any atom is -0.338 e. The molecule has 2 saturated heterocycles. The van der Waals surface area contributed by atoms with Crippen LogP contribution < -0.4 is 5.32 Å². The lowest BCUT2D eigenvalue weighted by molar-refractivity contribution is 0.324. The fourth-order valence-corrected chi connectivity index (χ4v) is 3.74. The number of hydrogen-bond acceptors (Lipinski definition) is 5. The summed E-state index contributed by atoms with van der Waals surface area (Å²) in [6.07, 6.45) is 7.43. The second-order valence-electron chi connectivity index (χ2n) is 4.85. The van der Waals surface area contributed by atoms with E-state index in [9.17, 15) is 0 Å². The Balaban J connectivity index is 1.70. The third-order valence-electron chi connectivity index (χ3n) is 3.53. The highest BCUT2D eigenvalue weighted by Gasteiger charge is 2.25. The monoisotopic (exact) mass is 253 g/mol. The number of nitrogens with one attached hydrogen (secondary N) is 1. The first-order valence-corrected chi connectivity index (χ1v) is 7.67. The number of hydrogen-bond donors (Lipinski definition) is 1. The summed E-state index contributed by atoms with van der Waals surface area (Å²) in [7, 11) is 0. The molecule has 0 amide bonds. The number of rotatable bonds is 2. The Kier molecular flexibility index (Phi) is 3.66. The van der Waals surface area contributed by atoms with Gasteiger partial charge in [0.15, 0.2) is 5.82 Å². The molecule has 3 heterocycles. The van der Waals surface area contributed by atoms with E-state index in [0.29, 0.717) is 5.25 Å². The maximum Gasteiger partial charge on any atom is 0.243 e. The van der Waals surface area contributed by atoms with E-state index in [1.165, 1.54) is 37.9 Å². The molecule has 0 saturated carbocycles. The fourth-order valence-electron chi connectivity index (χ4n) is 2.54. The zero-order chi connectivity index (χ0) is 11.5. The quantitative estimate of drug-likeness (QED) is 0.878. The molecule has 1 N–H and O–H groups in total. The van der Waals surface area contributed by atoms with E-state index >= 15 is 0 Å². The molecule has 0 spiro atoms. The standard InChI is InChI=1S/C12H19N3OS/c1-2-5-9(13-7-3-1)12-14-11(15-16-12)10-6-4-8-17-10/h9-10,13H,1-8H2. The Morgan fingerprint density at radius 3 is 3.06 bits per heavy atom. The number of thioether (sulfide) groups is 1. The number of nitrogens with zero attached hydrogens (tertiary/aromatic N) is 2. The Morgan fingerprint density at radius 1 is 1.18 bits per heavy atom. The Bertz CT molecular complexity index is 354. The van der Waals surface area contributed by atoms with Gasteiger partial charge in [-0.25, -0.2) is 0 Å². The highest BCUT2D eigenvalue weighted by atomic mass is 32.2. The van der Waals surface area contributed by atoms with Crippen LogP contribution in [0.15, 0.2) is 4.52 Å². The van der Waals surface area contributed by atoms with Crippen LogP contribution in [0.2, 0.25) is 0 Å². The van der Waals surface area contributed by atoms with Crippen LogP contribution >= 0.6 is 11.8 Å². The smallest absolute Gasteiger partial charge is 0.243 e. The molecule has 94 valence electrons. The molecule has 1 aromatic heterocycles. The van der Waals surface area contributed by atoms with Crippen molar-refractivity contribution in [1.29, 1.82) is 0 Å². The summed E-state index contributed by atoms with van der Waals surface area (Å²) < 4.78 is 5.44. The molecule has 2 aliphatic heterocycles. The van der Waals surface area contributed by atoms with Crippen LogP contribution in [0.3, 0.4) is 0 Å². The van der Waals surface area contributed by atoms with Gasteiger partial charge in [-0.05, 0) is 38.0 Å². The molecule has 2 aliphatic rings. The van der Waals surface area contributed by atoms with E-state index in [1.807, 2.05) is 11.8 Å². The van der Waals surface area contributed by atoms with Gasteiger partial charge < -0.3 is 9.84 Å². The molecule has 3 rings (SSSR count). The summed E-state index contributed by atoms with van der Waals surface area (Å²) >= 11 is 1.95.